The molecule has 0 saturated carbocycles. The lowest BCUT2D eigenvalue weighted by molar-refractivity contribution is 0.414. The molecule has 29 heavy (non-hydrogen) atoms. The summed E-state index contributed by atoms with van der Waals surface area (Å²) < 4.78 is 20.4. The van der Waals surface area contributed by atoms with E-state index in [1.165, 1.54) is 23.3 Å². The predicted molar refractivity (Wildman–Crippen MR) is 113 cm³/mol. The molecule has 1 aromatic heterocycles. The zero-order valence-electron chi connectivity index (χ0n) is 17.0. The number of allylic oxidation sites excluding steroid dienone is 1. The molecule has 0 spiro atoms. The molecular weight excluding hydrogens is 365 g/mol. The summed E-state index contributed by atoms with van der Waals surface area (Å²) in [5, 5.41) is 8.34. The second kappa shape index (κ2) is 8.21. The maximum absolute atomic E-state index is 13.3. The lowest BCUT2D eigenvalue weighted by Crippen LogP contribution is -2.25. The molecule has 2 aromatic carbocycles. The van der Waals surface area contributed by atoms with Crippen LogP contribution in [0.4, 0.5) is 4.39 Å². The van der Waals surface area contributed by atoms with E-state index in [0.29, 0.717) is 12.0 Å². The smallest absolute Gasteiger partial charge is 0.123 e. The molecule has 4 nitrogen and oxygen atoms in total. The van der Waals surface area contributed by atoms with Crippen molar-refractivity contribution in [3.8, 4) is 11.4 Å². The number of rotatable bonds is 6. The van der Waals surface area contributed by atoms with Gasteiger partial charge in [-0.3, -0.25) is 0 Å². The summed E-state index contributed by atoms with van der Waals surface area (Å²) in [6.45, 7) is 4.96. The van der Waals surface area contributed by atoms with Crippen LogP contribution in [-0.4, -0.2) is 22.9 Å². The van der Waals surface area contributed by atoms with Gasteiger partial charge in [0, 0.05) is 29.8 Å². The Labute approximate surface area is 171 Å². The third-order valence-corrected chi connectivity index (χ3v) is 5.60. The number of aryl methyl sites for hydroxylation is 1. The molecule has 0 saturated heterocycles. The topological polar surface area (TPSA) is 39.1 Å². The molecule has 1 aliphatic rings. The highest BCUT2D eigenvalue weighted by atomic mass is 19.1. The molecule has 0 amide bonds. The summed E-state index contributed by atoms with van der Waals surface area (Å²) in [5.41, 5.74) is 5.52. The zero-order valence-corrected chi connectivity index (χ0v) is 17.0. The van der Waals surface area contributed by atoms with Crippen LogP contribution < -0.4 is 10.1 Å². The van der Waals surface area contributed by atoms with Gasteiger partial charge in [-0.25, -0.2) is 9.07 Å². The Kier molecular flexibility index (Phi) is 5.49. The number of halogens is 1. The van der Waals surface area contributed by atoms with Crippen LogP contribution in [0.15, 0.2) is 60.7 Å². The highest BCUT2D eigenvalue weighted by molar-refractivity contribution is 5.41. The monoisotopic (exact) mass is 391 g/mol. The predicted octanol–water partition coefficient (Wildman–Crippen LogP) is 4.84. The van der Waals surface area contributed by atoms with Crippen LogP contribution in [0.2, 0.25) is 0 Å². The van der Waals surface area contributed by atoms with Gasteiger partial charge in [0.1, 0.15) is 11.6 Å². The summed E-state index contributed by atoms with van der Waals surface area (Å²) in [6, 6.07) is 15.0. The van der Waals surface area contributed by atoms with Crippen LogP contribution in [-0.2, 0) is 6.54 Å². The van der Waals surface area contributed by atoms with Crippen molar-refractivity contribution >= 4 is 0 Å². The molecule has 2 atom stereocenters. The van der Waals surface area contributed by atoms with Crippen LogP contribution in [0.25, 0.3) is 5.69 Å². The average Bonchev–Trinajstić information content (AvgIpc) is 3.31. The molecule has 3 aromatic rings. The van der Waals surface area contributed by atoms with Crippen molar-refractivity contribution in [2.45, 2.75) is 38.8 Å². The van der Waals surface area contributed by atoms with Crippen molar-refractivity contribution in [1.82, 2.24) is 15.1 Å². The number of nitrogens with one attached hydrogen (secondary N) is 1. The van der Waals surface area contributed by atoms with Gasteiger partial charge in [-0.15, -0.1) is 0 Å². The lowest BCUT2D eigenvalue weighted by Gasteiger charge is -2.15. The molecular formula is C24H26FN3O. The van der Waals surface area contributed by atoms with Gasteiger partial charge in [0.2, 0.25) is 0 Å². The van der Waals surface area contributed by atoms with E-state index in [-0.39, 0.29) is 5.82 Å². The Balaban J connectivity index is 1.43. The fourth-order valence-corrected chi connectivity index (χ4v) is 4.08. The highest BCUT2D eigenvalue weighted by Gasteiger charge is 2.26. The van der Waals surface area contributed by atoms with Gasteiger partial charge in [0.15, 0.2) is 0 Å². The Hall–Kier alpha value is -2.92. The summed E-state index contributed by atoms with van der Waals surface area (Å²) in [5.74, 6) is 0.969. The summed E-state index contributed by atoms with van der Waals surface area (Å²) in [4.78, 5) is 0. The first-order chi connectivity index (χ1) is 14.0. The SMILES string of the molecule is COc1ccc(CN[C@@H]2C=C[C@@H](c3c(C)nn(-c4ccc(F)cc4)c3C)C2)cc1. The molecule has 0 aliphatic heterocycles. The first kappa shape index (κ1) is 19.4. The standard InChI is InChI=1S/C24H26FN3O/c1-16-24(17(2)28(27-16)22-10-7-20(25)8-11-22)19-6-9-21(14-19)26-15-18-4-12-23(29-3)13-5-18/h4-13,19,21,26H,14-15H2,1-3H3/t19-,21-/m1/s1. The van der Waals surface area contributed by atoms with Crippen LogP contribution in [0.3, 0.4) is 0 Å². The Bertz CT molecular complexity index is 1010. The number of nitrogens with zero attached hydrogens (tertiary/aromatic N) is 2. The number of aromatic nitrogens is 2. The van der Waals surface area contributed by atoms with E-state index in [1.54, 1.807) is 19.2 Å². The fourth-order valence-electron chi connectivity index (χ4n) is 4.08. The lowest BCUT2D eigenvalue weighted by atomic mass is 9.96. The second-order valence-corrected chi connectivity index (χ2v) is 7.54. The number of hydrogen-bond donors (Lipinski definition) is 1. The summed E-state index contributed by atoms with van der Waals surface area (Å²) in [7, 11) is 1.68. The van der Waals surface area contributed by atoms with E-state index < -0.39 is 0 Å². The van der Waals surface area contributed by atoms with Crippen LogP contribution in [0, 0.1) is 19.7 Å². The van der Waals surface area contributed by atoms with Gasteiger partial charge in [0.05, 0.1) is 18.5 Å². The minimum Gasteiger partial charge on any atom is -0.497 e. The number of hydrogen-bond acceptors (Lipinski definition) is 3. The summed E-state index contributed by atoms with van der Waals surface area (Å²) in [6.07, 6.45) is 5.53. The van der Waals surface area contributed by atoms with Crippen molar-refractivity contribution in [2.24, 2.45) is 0 Å². The van der Waals surface area contributed by atoms with Crippen LogP contribution >= 0.6 is 0 Å². The van der Waals surface area contributed by atoms with Gasteiger partial charge < -0.3 is 10.1 Å². The second-order valence-electron chi connectivity index (χ2n) is 7.54. The molecule has 1 N–H and O–H groups in total. The van der Waals surface area contributed by atoms with Crippen molar-refractivity contribution in [2.75, 3.05) is 7.11 Å². The van der Waals surface area contributed by atoms with Crippen LogP contribution in [0.5, 0.6) is 5.75 Å². The van der Waals surface area contributed by atoms with Crippen molar-refractivity contribution in [3.63, 3.8) is 0 Å². The highest BCUT2D eigenvalue weighted by Crippen LogP contribution is 2.34. The van der Waals surface area contributed by atoms with Gasteiger partial charge in [0.25, 0.3) is 0 Å². The van der Waals surface area contributed by atoms with E-state index in [1.807, 2.05) is 23.7 Å². The quantitative estimate of drug-likeness (QED) is 0.611. The Morgan fingerprint density at radius 1 is 1.07 bits per heavy atom. The molecule has 0 fully saturated rings. The fraction of sp³-hybridized carbons (Fsp3) is 0.292. The van der Waals surface area contributed by atoms with E-state index in [0.717, 1.165) is 35.8 Å². The minimum absolute atomic E-state index is 0.236. The molecule has 0 radical (unpaired) electrons. The molecule has 1 heterocycles. The number of methoxy groups -OCH3 is 1. The molecule has 1 aliphatic carbocycles. The van der Waals surface area contributed by atoms with Gasteiger partial charge >= 0.3 is 0 Å². The van der Waals surface area contributed by atoms with E-state index >= 15 is 0 Å². The van der Waals surface area contributed by atoms with E-state index in [9.17, 15) is 4.39 Å². The molecule has 0 unspecified atom stereocenters. The van der Waals surface area contributed by atoms with Gasteiger partial charge in [-0.2, -0.15) is 5.10 Å². The zero-order chi connectivity index (χ0) is 20.4. The Morgan fingerprint density at radius 3 is 2.48 bits per heavy atom. The maximum Gasteiger partial charge on any atom is 0.123 e. The first-order valence-electron chi connectivity index (χ1n) is 9.92. The molecule has 5 heteroatoms. The first-order valence-corrected chi connectivity index (χ1v) is 9.92. The molecule has 150 valence electrons. The van der Waals surface area contributed by atoms with Gasteiger partial charge in [-0.1, -0.05) is 24.3 Å². The Morgan fingerprint density at radius 2 is 1.79 bits per heavy atom. The number of ether oxygens (including phenoxy) is 1. The van der Waals surface area contributed by atoms with Crippen molar-refractivity contribution in [3.05, 3.63) is 89.0 Å². The van der Waals surface area contributed by atoms with Gasteiger partial charge in [-0.05, 0) is 62.2 Å². The third kappa shape index (κ3) is 4.10. The summed E-state index contributed by atoms with van der Waals surface area (Å²) >= 11 is 0. The van der Waals surface area contributed by atoms with E-state index in [2.05, 4.69) is 36.5 Å². The maximum atomic E-state index is 13.3. The van der Waals surface area contributed by atoms with Crippen molar-refractivity contribution in [1.29, 1.82) is 0 Å². The molecule has 0 bridgehead atoms. The average molecular weight is 391 g/mol. The van der Waals surface area contributed by atoms with Crippen LogP contribution in [0.1, 0.15) is 34.9 Å². The normalized spacial score (nSPS) is 18.3. The number of benzene rings is 2. The largest absolute Gasteiger partial charge is 0.497 e. The molecule has 4 rings (SSSR count). The minimum atomic E-state index is -0.236. The third-order valence-electron chi connectivity index (χ3n) is 5.60. The van der Waals surface area contributed by atoms with Crippen molar-refractivity contribution < 1.29 is 9.13 Å². The van der Waals surface area contributed by atoms with E-state index in [4.69, 9.17) is 9.84 Å².